The van der Waals surface area contributed by atoms with E-state index in [0.29, 0.717) is 13.1 Å². The summed E-state index contributed by atoms with van der Waals surface area (Å²) in [5.41, 5.74) is 0.241. The van der Waals surface area contributed by atoms with Crippen LogP contribution in [0.4, 0.5) is 3.89 Å². The average Bonchev–Trinajstić information content (AvgIpc) is 2.96. The van der Waals surface area contributed by atoms with Crippen molar-refractivity contribution in [1.29, 1.82) is 0 Å². The molecule has 1 aromatic rings. The van der Waals surface area contributed by atoms with Gasteiger partial charge in [0, 0.05) is 36.8 Å². The highest BCUT2D eigenvalue weighted by molar-refractivity contribution is 7.81. The number of carbonyl (C=O) groups excluding carboxylic acids is 3. The Morgan fingerprint density at radius 3 is 2.31 bits per heavy atom. The molecular formula is C19H19FN2O6S. The summed E-state index contributed by atoms with van der Waals surface area (Å²) in [5.74, 6) is -1.08. The summed E-state index contributed by atoms with van der Waals surface area (Å²) in [6.07, 6.45) is 5.58. The Kier molecular flexibility index (Phi) is 4.68. The van der Waals surface area contributed by atoms with Crippen molar-refractivity contribution in [3.63, 3.8) is 0 Å². The maximum absolute atomic E-state index is 12.7. The quantitative estimate of drug-likeness (QED) is 0.540. The minimum atomic E-state index is -5.16. The fraction of sp³-hybridized carbons (Fsp3) is 0.421. The first-order valence-electron chi connectivity index (χ1n) is 9.25. The number of benzene rings is 1. The van der Waals surface area contributed by atoms with Crippen LogP contribution in [0.1, 0.15) is 36.0 Å². The molecule has 1 spiro atoms. The number of carbonyl (C=O) groups is 3. The number of piperidine rings is 1. The first-order chi connectivity index (χ1) is 13.7. The molecular weight excluding hydrogens is 403 g/mol. The Balaban J connectivity index is 1.35. The molecule has 0 bridgehead atoms. The number of rotatable bonds is 4. The minimum absolute atomic E-state index is 0.0257. The largest absolute Gasteiger partial charge is 0.488 e. The van der Waals surface area contributed by atoms with Gasteiger partial charge in [0.05, 0.1) is 0 Å². The lowest BCUT2D eigenvalue weighted by Gasteiger charge is -2.54. The van der Waals surface area contributed by atoms with E-state index in [-0.39, 0.29) is 40.5 Å². The highest BCUT2D eigenvalue weighted by Gasteiger charge is 2.50. The van der Waals surface area contributed by atoms with Crippen LogP contribution in [0.25, 0.3) is 0 Å². The first-order valence-corrected chi connectivity index (χ1v) is 10.6. The normalized spacial score (nSPS) is 21.6. The summed E-state index contributed by atoms with van der Waals surface area (Å²) in [6, 6.07) is 5.31. The van der Waals surface area contributed by atoms with Gasteiger partial charge >= 0.3 is 10.5 Å². The number of amides is 3. The maximum Gasteiger partial charge on any atom is 0.488 e. The van der Waals surface area contributed by atoms with Crippen LogP contribution in [0.3, 0.4) is 0 Å². The van der Waals surface area contributed by atoms with E-state index in [1.807, 2.05) is 0 Å². The molecule has 0 aromatic heterocycles. The summed E-state index contributed by atoms with van der Waals surface area (Å²) in [5, 5.41) is 0. The van der Waals surface area contributed by atoms with Crippen molar-refractivity contribution in [2.24, 2.45) is 5.41 Å². The van der Waals surface area contributed by atoms with Gasteiger partial charge in [0.25, 0.3) is 17.7 Å². The van der Waals surface area contributed by atoms with Crippen molar-refractivity contribution in [2.75, 3.05) is 13.1 Å². The van der Waals surface area contributed by atoms with Gasteiger partial charge in [0.15, 0.2) is 0 Å². The molecule has 8 nitrogen and oxygen atoms in total. The molecule has 0 N–H and O–H groups in total. The molecule has 0 atom stereocenters. The molecule has 0 radical (unpaired) electrons. The van der Waals surface area contributed by atoms with Crippen LogP contribution in [-0.2, 0) is 20.1 Å². The molecule has 1 aliphatic carbocycles. The van der Waals surface area contributed by atoms with Crippen LogP contribution in [0.5, 0.6) is 5.75 Å². The molecule has 1 saturated heterocycles. The summed E-state index contributed by atoms with van der Waals surface area (Å²) in [6.45, 7) is 1.02. The number of nitrogens with zero attached hydrogens (tertiary/aromatic N) is 2. The van der Waals surface area contributed by atoms with Gasteiger partial charge in [-0.2, -0.15) is 8.42 Å². The smallest absolute Gasteiger partial charge is 0.358 e. The second-order valence-electron chi connectivity index (χ2n) is 7.74. The predicted octanol–water partition coefficient (Wildman–Crippen LogP) is 1.59. The number of imide groups is 1. The van der Waals surface area contributed by atoms with Crippen LogP contribution in [0.2, 0.25) is 0 Å². The molecule has 2 aliphatic heterocycles. The van der Waals surface area contributed by atoms with Crippen LogP contribution in [0.15, 0.2) is 36.4 Å². The van der Waals surface area contributed by atoms with E-state index in [0.717, 1.165) is 25.7 Å². The number of likely N-dealkylation sites (tertiary alicyclic amines) is 1. The van der Waals surface area contributed by atoms with Gasteiger partial charge in [-0.05, 0) is 49.3 Å². The number of hydrogen-bond donors (Lipinski definition) is 0. The topological polar surface area (TPSA) is 101 Å². The average molecular weight is 422 g/mol. The first kappa shape index (κ1) is 19.6. The van der Waals surface area contributed by atoms with Gasteiger partial charge in [-0.25, -0.2) is 0 Å². The van der Waals surface area contributed by atoms with E-state index in [2.05, 4.69) is 4.18 Å². The van der Waals surface area contributed by atoms with Crippen molar-refractivity contribution in [2.45, 2.75) is 31.7 Å². The number of halogens is 1. The molecule has 4 rings (SSSR count). The lowest BCUT2D eigenvalue weighted by atomic mass is 9.60. The Labute approximate surface area is 167 Å². The summed E-state index contributed by atoms with van der Waals surface area (Å²) >= 11 is 0. The standard InChI is InChI=1S/C19H19FN2O6S/c20-29(26,27)28-15-3-1-2-13(10-15)18(25)21-8-6-19(7-9-21)11-14(12-19)22-16(23)4-5-17(22)24/h1-5,10,14H,6-9,11-12H2. The van der Waals surface area contributed by atoms with Crippen molar-refractivity contribution in [1.82, 2.24) is 9.80 Å². The van der Waals surface area contributed by atoms with Crippen LogP contribution in [0, 0.1) is 5.41 Å². The third-order valence-electron chi connectivity index (χ3n) is 5.93. The van der Waals surface area contributed by atoms with Crippen molar-refractivity contribution in [3.05, 3.63) is 42.0 Å². The van der Waals surface area contributed by atoms with Crippen molar-refractivity contribution < 1.29 is 30.9 Å². The zero-order valence-corrected chi connectivity index (χ0v) is 16.2. The highest BCUT2D eigenvalue weighted by Crippen LogP contribution is 2.51. The Bertz CT molecular complexity index is 987. The van der Waals surface area contributed by atoms with E-state index in [9.17, 15) is 26.7 Å². The van der Waals surface area contributed by atoms with Gasteiger partial charge in [0.1, 0.15) is 5.75 Å². The fourth-order valence-electron chi connectivity index (χ4n) is 4.47. The zero-order valence-electron chi connectivity index (χ0n) is 15.4. The predicted molar refractivity (Wildman–Crippen MR) is 98.7 cm³/mol. The monoisotopic (exact) mass is 422 g/mol. The molecule has 29 heavy (non-hydrogen) atoms. The van der Waals surface area contributed by atoms with Gasteiger partial charge in [-0.1, -0.05) is 9.95 Å². The van der Waals surface area contributed by atoms with Crippen LogP contribution >= 0.6 is 0 Å². The summed E-state index contributed by atoms with van der Waals surface area (Å²) < 4.78 is 38.1. The molecule has 3 aliphatic rings. The van der Waals surface area contributed by atoms with Gasteiger partial charge in [-0.3, -0.25) is 19.3 Å². The Morgan fingerprint density at radius 2 is 1.72 bits per heavy atom. The van der Waals surface area contributed by atoms with Crippen molar-refractivity contribution >= 4 is 28.2 Å². The maximum atomic E-state index is 12.7. The molecule has 3 amide bonds. The molecule has 1 aromatic carbocycles. The molecule has 2 heterocycles. The van der Waals surface area contributed by atoms with Gasteiger partial charge in [0.2, 0.25) is 0 Å². The lowest BCUT2D eigenvalue weighted by Crippen LogP contribution is -2.56. The summed E-state index contributed by atoms with van der Waals surface area (Å²) in [7, 11) is -5.16. The van der Waals surface area contributed by atoms with Gasteiger partial charge < -0.3 is 9.08 Å². The van der Waals surface area contributed by atoms with E-state index < -0.39 is 10.5 Å². The fourth-order valence-corrected chi connectivity index (χ4v) is 4.80. The highest BCUT2D eigenvalue weighted by atomic mass is 32.3. The summed E-state index contributed by atoms with van der Waals surface area (Å²) in [4.78, 5) is 39.3. The van der Waals surface area contributed by atoms with E-state index >= 15 is 0 Å². The van der Waals surface area contributed by atoms with E-state index in [1.54, 1.807) is 4.90 Å². The molecule has 0 unspecified atom stereocenters. The zero-order chi connectivity index (χ0) is 20.8. The minimum Gasteiger partial charge on any atom is -0.358 e. The Morgan fingerprint density at radius 1 is 1.10 bits per heavy atom. The molecule has 154 valence electrons. The second kappa shape index (κ2) is 6.94. The van der Waals surface area contributed by atoms with Gasteiger partial charge in [-0.15, -0.1) is 0 Å². The Hall–Kier alpha value is -2.75. The number of hydrogen-bond acceptors (Lipinski definition) is 6. The van der Waals surface area contributed by atoms with E-state index in [4.69, 9.17) is 0 Å². The molecule has 2 fully saturated rings. The second-order valence-corrected chi connectivity index (χ2v) is 8.69. The van der Waals surface area contributed by atoms with E-state index in [1.165, 1.54) is 41.3 Å². The lowest BCUT2D eigenvalue weighted by molar-refractivity contribution is -0.146. The van der Waals surface area contributed by atoms with Crippen LogP contribution < -0.4 is 4.18 Å². The molecule has 10 heteroatoms. The third-order valence-corrected chi connectivity index (χ3v) is 6.33. The SMILES string of the molecule is O=C(c1cccc(OS(=O)(=O)F)c1)N1CCC2(CC1)CC(N1C(=O)C=CC1=O)C2. The van der Waals surface area contributed by atoms with Crippen LogP contribution in [-0.4, -0.2) is 55.1 Å². The third kappa shape index (κ3) is 3.89. The molecule has 1 saturated carbocycles. The van der Waals surface area contributed by atoms with Crippen molar-refractivity contribution in [3.8, 4) is 5.75 Å².